The van der Waals surface area contributed by atoms with Gasteiger partial charge in [-0.25, -0.2) is 18.8 Å². The Hall–Kier alpha value is -3.19. The van der Waals surface area contributed by atoms with Crippen LogP contribution in [-0.2, 0) is 22.4 Å². The van der Waals surface area contributed by atoms with Crippen molar-refractivity contribution in [3.8, 4) is 11.5 Å². The zero-order chi connectivity index (χ0) is 28.7. The maximum atomic E-state index is 15.0. The molecule has 0 bridgehead atoms. The smallest absolute Gasteiger partial charge is 0.418 e. The predicted octanol–water partition coefficient (Wildman–Crippen LogP) is 7.41. The lowest BCUT2D eigenvalue weighted by atomic mass is 9.69. The van der Waals surface area contributed by atoms with E-state index in [1.807, 2.05) is 0 Å². The van der Waals surface area contributed by atoms with Crippen molar-refractivity contribution in [2.45, 2.75) is 57.9 Å². The molecule has 1 aliphatic carbocycles. The molecule has 0 unspecified atom stereocenters. The summed E-state index contributed by atoms with van der Waals surface area (Å²) < 4.78 is 90.0. The summed E-state index contributed by atoms with van der Waals surface area (Å²) in [6, 6.07) is 4.07. The fourth-order valence-electron chi connectivity index (χ4n) is 4.70. The number of amidine groups is 1. The summed E-state index contributed by atoms with van der Waals surface area (Å²) in [4.78, 5) is 8.42. The second-order valence-electron chi connectivity index (χ2n) is 11.6. The van der Waals surface area contributed by atoms with Gasteiger partial charge in [0.05, 0.1) is 24.1 Å². The van der Waals surface area contributed by atoms with Crippen LogP contribution in [0.1, 0.15) is 24.8 Å². The van der Waals surface area contributed by atoms with Crippen molar-refractivity contribution in [3.63, 3.8) is 0 Å². The number of fused-ring (bicyclic) bond motifs is 1. The van der Waals surface area contributed by atoms with Gasteiger partial charge in [-0.05, 0) is 25.0 Å². The first-order chi connectivity index (χ1) is 18.8. The van der Waals surface area contributed by atoms with Gasteiger partial charge >= 0.3 is 6.18 Å². The molecule has 7 nitrogen and oxygen atoms in total. The third kappa shape index (κ3) is 6.09. The van der Waals surface area contributed by atoms with Gasteiger partial charge in [0.15, 0.2) is 17.4 Å². The van der Waals surface area contributed by atoms with Gasteiger partial charge in [0.1, 0.15) is 18.1 Å². The molecule has 1 spiro atoms. The van der Waals surface area contributed by atoms with E-state index in [1.54, 1.807) is 0 Å². The van der Waals surface area contributed by atoms with Crippen molar-refractivity contribution < 1.29 is 36.2 Å². The first-order valence-corrected chi connectivity index (χ1v) is 16.8. The van der Waals surface area contributed by atoms with Gasteiger partial charge in [0.2, 0.25) is 0 Å². The van der Waals surface area contributed by atoms with Crippen molar-refractivity contribution in [2.75, 3.05) is 25.1 Å². The molecular formula is C27H31F5N4O3Si. The van der Waals surface area contributed by atoms with Crippen LogP contribution in [0.15, 0.2) is 35.6 Å². The number of rotatable bonds is 8. The van der Waals surface area contributed by atoms with Crippen LogP contribution < -0.4 is 10.1 Å². The monoisotopic (exact) mass is 582 g/mol. The highest BCUT2D eigenvalue weighted by Crippen LogP contribution is 2.44. The molecule has 3 aromatic rings. The lowest BCUT2D eigenvalue weighted by molar-refractivity contribution is -0.136. The van der Waals surface area contributed by atoms with Gasteiger partial charge in [-0.2, -0.15) is 13.2 Å². The Morgan fingerprint density at radius 1 is 1.15 bits per heavy atom. The molecule has 0 radical (unpaired) electrons. The molecule has 0 atom stereocenters. The van der Waals surface area contributed by atoms with Gasteiger partial charge in [0.25, 0.3) is 6.02 Å². The average Bonchev–Trinajstić information content (AvgIpc) is 3.23. The first-order valence-electron chi connectivity index (χ1n) is 13.1. The summed E-state index contributed by atoms with van der Waals surface area (Å²) in [6.07, 6.45) is 0.517. The van der Waals surface area contributed by atoms with Gasteiger partial charge in [-0.1, -0.05) is 26.1 Å². The molecule has 13 heteroatoms. The number of hydrogen-bond donors (Lipinski definition) is 1. The van der Waals surface area contributed by atoms with E-state index in [9.17, 15) is 13.2 Å². The summed E-state index contributed by atoms with van der Waals surface area (Å²) in [5, 5.41) is 2.34. The topological polar surface area (TPSA) is 69.9 Å². The minimum Gasteiger partial charge on any atom is -0.464 e. The zero-order valence-corrected chi connectivity index (χ0v) is 23.5. The number of ether oxygens (including phenoxy) is 3. The van der Waals surface area contributed by atoms with E-state index in [4.69, 9.17) is 14.2 Å². The van der Waals surface area contributed by atoms with E-state index in [2.05, 4.69) is 34.9 Å². The second-order valence-corrected chi connectivity index (χ2v) is 17.2. The van der Waals surface area contributed by atoms with Crippen LogP contribution in [0.25, 0.3) is 11.0 Å². The fraction of sp³-hybridized carbons (Fsp3) is 0.481. The highest BCUT2D eigenvalue weighted by molar-refractivity contribution is 6.76. The third-order valence-electron chi connectivity index (χ3n) is 7.20. The molecule has 0 saturated heterocycles. The fourth-order valence-corrected chi connectivity index (χ4v) is 5.45. The maximum absolute atomic E-state index is 15.0. The summed E-state index contributed by atoms with van der Waals surface area (Å²) in [6.45, 7) is 7.77. The molecule has 1 N–H and O–H groups in total. The zero-order valence-electron chi connectivity index (χ0n) is 22.5. The molecule has 0 amide bonds. The van der Waals surface area contributed by atoms with E-state index in [0.29, 0.717) is 19.8 Å². The van der Waals surface area contributed by atoms with Crippen molar-refractivity contribution in [1.82, 2.24) is 9.55 Å². The van der Waals surface area contributed by atoms with E-state index in [0.717, 1.165) is 49.7 Å². The Balaban J connectivity index is 1.38. The number of alkyl halides is 3. The van der Waals surface area contributed by atoms with Crippen LogP contribution in [-0.4, -0.2) is 43.4 Å². The van der Waals surface area contributed by atoms with Crippen molar-refractivity contribution in [2.24, 2.45) is 10.4 Å². The summed E-state index contributed by atoms with van der Waals surface area (Å²) >= 11 is 0. The van der Waals surface area contributed by atoms with E-state index >= 15 is 8.78 Å². The van der Waals surface area contributed by atoms with Gasteiger partial charge in [-0.3, -0.25) is 0 Å². The Morgan fingerprint density at radius 2 is 1.88 bits per heavy atom. The minimum absolute atomic E-state index is 0.0307. The Bertz CT molecular complexity index is 1410. The normalized spacial score (nSPS) is 16.9. The number of nitrogens with zero attached hydrogens (tertiary/aromatic N) is 3. The Kier molecular flexibility index (Phi) is 7.55. The van der Waals surface area contributed by atoms with Crippen LogP contribution >= 0.6 is 0 Å². The molecule has 2 aromatic heterocycles. The van der Waals surface area contributed by atoms with E-state index < -0.39 is 42.6 Å². The number of benzene rings is 1. The molecule has 1 aliphatic heterocycles. The lowest BCUT2D eigenvalue weighted by Crippen LogP contribution is -2.42. The van der Waals surface area contributed by atoms with Crippen LogP contribution in [0.4, 0.5) is 27.6 Å². The van der Waals surface area contributed by atoms with Gasteiger partial charge in [-0.15, -0.1) is 0 Å². The van der Waals surface area contributed by atoms with Crippen LogP contribution in [0.2, 0.25) is 25.7 Å². The Morgan fingerprint density at radius 3 is 2.45 bits per heavy atom. The summed E-state index contributed by atoms with van der Waals surface area (Å²) in [5.74, 6) is -3.45. The largest absolute Gasteiger partial charge is 0.464 e. The van der Waals surface area contributed by atoms with Gasteiger partial charge < -0.3 is 24.1 Å². The number of halogens is 5. The van der Waals surface area contributed by atoms with Crippen LogP contribution in [0.5, 0.6) is 11.5 Å². The maximum Gasteiger partial charge on any atom is 0.418 e. The highest BCUT2D eigenvalue weighted by Gasteiger charge is 2.40. The standard InChI is InChI=1S/C27H31F5N4O3Si/c1-40(2,3)10-9-37-16-36-13-18(27(30,31)32)22-21(5-8-33-24(22)36)39-23-19(28)11-17(12-20(23)29)35-25-34-14-26(15-38-25)6-4-7-26/h5,8,11-13H,4,6-7,9-10,14-16H2,1-3H3,(H,34,35). The molecule has 1 aromatic carbocycles. The number of aromatic nitrogens is 2. The van der Waals surface area contributed by atoms with E-state index in [1.165, 1.54) is 10.8 Å². The lowest BCUT2D eigenvalue weighted by Gasteiger charge is -2.42. The highest BCUT2D eigenvalue weighted by atomic mass is 28.3. The number of hydrogen-bond acceptors (Lipinski definition) is 6. The molecule has 3 heterocycles. The molecule has 2 aliphatic rings. The minimum atomic E-state index is -4.77. The third-order valence-corrected chi connectivity index (χ3v) is 8.90. The molecule has 216 valence electrons. The number of aliphatic imine (C=N–C) groups is 1. The second kappa shape index (κ2) is 10.7. The first kappa shape index (κ1) is 28.3. The molecule has 1 fully saturated rings. The van der Waals surface area contributed by atoms with Crippen molar-refractivity contribution in [3.05, 3.63) is 47.8 Å². The summed E-state index contributed by atoms with van der Waals surface area (Å²) in [7, 11) is -1.40. The number of pyridine rings is 1. The predicted molar refractivity (Wildman–Crippen MR) is 143 cm³/mol. The van der Waals surface area contributed by atoms with Crippen LogP contribution in [0, 0.1) is 17.0 Å². The van der Waals surface area contributed by atoms with E-state index in [-0.39, 0.29) is 35.3 Å². The SMILES string of the molecule is C[Si](C)(C)CCOCn1cc(C(F)(F)F)c2c(Oc3c(F)cc(NC4=NCC5(CCC5)CO4)cc3F)ccnc21. The average molecular weight is 583 g/mol. The number of anilines is 1. The molecule has 1 saturated carbocycles. The molecule has 5 rings (SSSR count). The molecule has 40 heavy (non-hydrogen) atoms. The van der Waals surface area contributed by atoms with Crippen LogP contribution in [0.3, 0.4) is 0 Å². The number of nitrogens with one attached hydrogen (secondary N) is 1. The van der Waals surface area contributed by atoms with Gasteiger partial charge in [0, 0.05) is 50.3 Å². The summed E-state index contributed by atoms with van der Waals surface area (Å²) in [5.41, 5.74) is -1.03. The molecular weight excluding hydrogens is 551 g/mol. The van der Waals surface area contributed by atoms with Crippen molar-refractivity contribution in [1.29, 1.82) is 0 Å². The Labute approximate surface area is 229 Å². The van der Waals surface area contributed by atoms with Crippen molar-refractivity contribution >= 4 is 30.8 Å². The quantitative estimate of drug-likeness (QED) is 0.170.